The number of methoxy groups -OCH3 is 1. The van der Waals surface area contributed by atoms with E-state index in [9.17, 15) is 4.79 Å². The molecule has 0 aromatic heterocycles. The highest BCUT2D eigenvalue weighted by Gasteiger charge is 2.33. The van der Waals surface area contributed by atoms with Gasteiger partial charge in [0.25, 0.3) is 0 Å². The molecule has 1 fully saturated rings. The van der Waals surface area contributed by atoms with E-state index in [4.69, 9.17) is 4.74 Å². The van der Waals surface area contributed by atoms with Crippen LogP contribution in [-0.4, -0.2) is 12.9 Å². The van der Waals surface area contributed by atoms with Crippen LogP contribution in [-0.2, 0) is 0 Å². The Kier molecular flexibility index (Phi) is 3.41. The zero-order chi connectivity index (χ0) is 13.2. The molecule has 0 amide bonds. The largest absolute Gasteiger partial charge is 0.497 e. The Morgan fingerprint density at radius 1 is 1.16 bits per heavy atom. The Bertz CT molecular complexity index is 486. The fourth-order valence-corrected chi connectivity index (χ4v) is 3.50. The van der Waals surface area contributed by atoms with Gasteiger partial charge in [0.05, 0.1) is 7.11 Å². The summed E-state index contributed by atoms with van der Waals surface area (Å²) in [6.45, 7) is 0. The summed E-state index contributed by atoms with van der Waals surface area (Å²) in [7, 11) is 1.64. The molecule has 0 saturated heterocycles. The number of ketones is 1. The second kappa shape index (κ2) is 5.20. The number of carbonyl (C=O) groups excluding carboxylic acids is 1. The second-order valence-corrected chi connectivity index (χ2v) is 5.79. The number of fused-ring (bicyclic) bond motifs is 2. The predicted octanol–water partition coefficient (Wildman–Crippen LogP) is 3.87. The molecule has 3 atom stereocenters. The number of carbonyl (C=O) groups is 1. The Labute approximate surface area is 114 Å². The molecule has 19 heavy (non-hydrogen) atoms. The van der Waals surface area contributed by atoms with Gasteiger partial charge < -0.3 is 4.74 Å². The second-order valence-electron chi connectivity index (χ2n) is 5.79. The molecule has 2 aliphatic carbocycles. The first-order valence-corrected chi connectivity index (χ1v) is 7.11. The number of hydrogen-bond acceptors (Lipinski definition) is 2. The first kappa shape index (κ1) is 12.5. The summed E-state index contributed by atoms with van der Waals surface area (Å²) >= 11 is 0. The maximum absolute atomic E-state index is 12.6. The number of hydrogen-bond donors (Lipinski definition) is 0. The molecule has 1 aromatic rings. The molecule has 0 radical (unpaired) electrons. The number of rotatable bonds is 3. The Morgan fingerprint density at radius 2 is 1.95 bits per heavy atom. The van der Waals surface area contributed by atoms with Crippen LogP contribution >= 0.6 is 0 Å². The van der Waals surface area contributed by atoms with Crippen LogP contribution in [0.15, 0.2) is 36.4 Å². The van der Waals surface area contributed by atoms with Crippen LogP contribution in [0, 0.1) is 17.8 Å². The fraction of sp³-hybridized carbons (Fsp3) is 0.471. The van der Waals surface area contributed by atoms with Crippen LogP contribution < -0.4 is 4.74 Å². The SMILES string of the molecule is COc1ccc(C(=O)C2CC3C=CCC(C3)C2)cc1. The predicted molar refractivity (Wildman–Crippen MR) is 75.4 cm³/mol. The van der Waals surface area contributed by atoms with E-state index in [2.05, 4.69) is 12.2 Å². The maximum atomic E-state index is 12.6. The number of Topliss-reactive ketones (excluding diaryl/α,β-unsaturated/α-hetero) is 1. The van der Waals surface area contributed by atoms with Gasteiger partial charge in [0.1, 0.15) is 5.75 Å². The molecule has 0 aliphatic heterocycles. The summed E-state index contributed by atoms with van der Waals surface area (Å²) in [5.41, 5.74) is 0.828. The smallest absolute Gasteiger partial charge is 0.165 e. The van der Waals surface area contributed by atoms with Crippen molar-refractivity contribution in [3.05, 3.63) is 42.0 Å². The van der Waals surface area contributed by atoms with Gasteiger partial charge in [-0.2, -0.15) is 0 Å². The van der Waals surface area contributed by atoms with Crippen LogP contribution in [0.3, 0.4) is 0 Å². The molecular formula is C17H20O2. The molecule has 3 unspecified atom stereocenters. The third-order valence-electron chi connectivity index (χ3n) is 4.46. The summed E-state index contributed by atoms with van der Waals surface area (Å²) in [4.78, 5) is 12.6. The van der Waals surface area contributed by atoms with Crippen LogP contribution in [0.4, 0.5) is 0 Å². The maximum Gasteiger partial charge on any atom is 0.165 e. The van der Waals surface area contributed by atoms with E-state index < -0.39 is 0 Å². The average Bonchev–Trinajstić information content (AvgIpc) is 2.46. The molecule has 2 bridgehead atoms. The standard InChI is InChI=1S/C17H20O2/c1-19-16-7-5-14(6-8-16)17(18)15-10-12-3-2-4-13(9-12)11-15/h2-3,5-8,12-13,15H,4,9-11H2,1H3. The lowest BCUT2D eigenvalue weighted by Crippen LogP contribution is -2.29. The number of allylic oxidation sites excluding steroid dienone is 2. The summed E-state index contributed by atoms with van der Waals surface area (Å²) in [6, 6.07) is 7.52. The number of ether oxygens (including phenoxy) is 1. The Balaban J connectivity index is 1.74. The van der Waals surface area contributed by atoms with Gasteiger partial charge in [-0.15, -0.1) is 0 Å². The van der Waals surface area contributed by atoms with E-state index in [1.165, 1.54) is 6.42 Å². The lowest BCUT2D eigenvalue weighted by molar-refractivity contribution is 0.0834. The van der Waals surface area contributed by atoms with Gasteiger partial charge in [0, 0.05) is 11.5 Å². The normalized spacial score (nSPS) is 29.0. The monoisotopic (exact) mass is 256 g/mol. The minimum absolute atomic E-state index is 0.210. The molecule has 2 aliphatic rings. The first-order chi connectivity index (χ1) is 9.26. The zero-order valence-corrected chi connectivity index (χ0v) is 11.3. The highest BCUT2D eigenvalue weighted by Crippen LogP contribution is 2.40. The van der Waals surface area contributed by atoms with Crippen molar-refractivity contribution in [3.63, 3.8) is 0 Å². The van der Waals surface area contributed by atoms with Crippen LogP contribution in [0.1, 0.15) is 36.0 Å². The molecule has 1 saturated carbocycles. The molecule has 100 valence electrons. The quantitative estimate of drug-likeness (QED) is 0.606. The molecule has 0 spiro atoms. The summed E-state index contributed by atoms with van der Waals surface area (Å²) in [5.74, 6) is 2.67. The molecule has 3 rings (SSSR count). The lowest BCUT2D eigenvalue weighted by atomic mass is 9.69. The highest BCUT2D eigenvalue weighted by atomic mass is 16.5. The van der Waals surface area contributed by atoms with Gasteiger partial charge in [0.2, 0.25) is 0 Å². The molecule has 2 nitrogen and oxygen atoms in total. The van der Waals surface area contributed by atoms with E-state index in [-0.39, 0.29) is 5.92 Å². The lowest BCUT2D eigenvalue weighted by Gasteiger charge is -2.35. The van der Waals surface area contributed by atoms with Gasteiger partial charge in [-0.05, 0) is 61.8 Å². The summed E-state index contributed by atoms with van der Waals surface area (Å²) < 4.78 is 5.13. The van der Waals surface area contributed by atoms with Crippen molar-refractivity contribution in [1.82, 2.24) is 0 Å². The van der Waals surface area contributed by atoms with Crippen LogP contribution in [0.25, 0.3) is 0 Å². The summed E-state index contributed by atoms with van der Waals surface area (Å²) in [6.07, 6.45) is 9.13. The Morgan fingerprint density at radius 3 is 2.63 bits per heavy atom. The molecule has 0 N–H and O–H groups in total. The van der Waals surface area contributed by atoms with Gasteiger partial charge in [-0.25, -0.2) is 0 Å². The van der Waals surface area contributed by atoms with Crippen molar-refractivity contribution in [3.8, 4) is 5.75 Å². The molecule has 1 aromatic carbocycles. The van der Waals surface area contributed by atoms with E-state index in [1.54, 1.807) is 7.11 Å². The van der Waals surface area contributed by atoms with Gasteiger partial charge in [0.15, 0.2) is 5.78 Å². The zero-order valence-electron chi connectivity index (χ0n) is 11.3. The fourth-order valence-electron chi connectivity index (χ4n) is 3.50. The van der Waals surface area contributed by atoms with Crippen molar-refractivity contribution >= 4 is 5.78 Å². The average molecular weight is 256 g/mol. The summed E-state index contributed by atoms with van der Waals surface area (Å²) in [5, 5.41) is 0. The van der Waals surface area contributed by atoms with Crippen molar-refractivity contribution in [1.29, 1.82) is 0 Å². The first-order valence-electron chi connectivity index (χ1n) is 7.11. The van der Waals surface area contributed by atoms with E-state index >= 15 is 0 Å². The van der Waals surface area contributed by atoms with E-state index in [0.29, 0.717) is 11.7 Å². The van der Waals surface area contributed by atoms with Crippen LogP contribution in [0.5, 0.6) is 5.75 Å². The van der Waals surface area contributed by atoms with Gasteiger partial charge in [-0.1, -0.05) is 12.2 Å². The van der Waals surface area contributed by atoms with Crippen molar-refractivity contribution in [2.75, 3.05) is 7.11 Å². The number of benzene rings is 1. The molecule has 2 heteroatoms. The van der Waals surface area contributed by atoms with Crippen molar-refractivity contribution < 1.29 is 9.53 Å². The van der Waals surface area contributed by atoms with Gasteiger partial charge in [-0.3, -0.25) is 4.79 Å². The minimum Gasteiger partial charge on any atom is -0.497 e. The topological polar surface area (TPSA) is 26.3 Å². The molecule has 0 heterocycles. The highest BCUT2D eigenvalue weighted by molar-refractivity contribution is 5.98. The van der Waals surface area contributed by atoms with Crippen molar-refractivity contribution in [2.24, 2.45) is 17.8 Å². The van der Waals surface area contributed by atoms with Gasteiger partial charge >= 0.3 is 0 Å². The van der Waals surface area contributed by atoms with E-state index in [1.807, 2.05) is 24.3 Å². The minimum atomic E-state index is 0.210. The van der Waals surface area contributed by atoms with E-state index in [0.717, 1.165) is 36.5 Å². The third kappa shape index (κ3) is 2.58. The van der Waals surface area contributed by atoms with Crippen molar-refractivity contribution in [2.45, 2.75) is 25.7 Å². The van der Waals surface area contributed by atoms with Crippen LogP contribution in [0.2, 0.25) is 0 Å². The third-order valence-corrected chi connectivity index (χ3v) is 4.46. The molecular weight excluding hydrogens is 236 g/mol. The Hall–Kier alpha value is -1.57.